The van der Waals surface area contributed by atoms with Gasteiger partial charge >= 0.3 is 0 Å². The lowest BCUT2D eigenvalue weighted by Gasteiger charge is -2.34. The Morgan fingerprint density at radius 3 is 2.53 bits per heavy atom. The lowest BCUT2D eigenvalue weighted by molar-refractivity contribution is -0.128. The van der Waals surface area contributed by atoms with Crippen LogP contribution >= 0.6 is 0 Å². The maximum absolute atomic E-state index is 12.4. The molecule has 3 N–H and O–H groups in total. The second kappa shape index (κ2) is 7.25. The molecule has 19 heavy (non-hydrogen) atoms. The highest BCUT2D eigenvalue weighted by Crippen LogP contribution is 2.28. The zero-order valence-electron chi connectivity index (χ0n) is 13.1. The Kier molecular flexibility index (Phi) is 6.27. The SMILES string of the molecule is CC1CCC(N)C(C(=O)NC(CN(C)C)C(C)C)C1. The second-order valence-corrected chi connectivity index (χ2v) is 6.81. The van der Waals surface area contributed by atoms with Gasteiger partial charge in [-0.2, -0.15) is 0 Å². The Labute approximate surface area is 118 Å². The fraction of sp³-hybridized carbons (Fsp3) is 0.933. The van der Waals surface area contributed by atoms with Gasteiger partial charge in [0.1, 0.15) is 0 Å². The zero-order chi connectivity index (χ0) is 14.6. The van der Waals surface area contributed by atoms with E-state index in [4.69, 9.17) is 5.73 Å². The molecule has 0 aromatic rings. The zero-order valence-corrected chi connectivity index (χ0v) is 13.1. The first-order valence-corrected chi connectivity index (χ1v) is 7.52. The highest BCUT2D eigenvalue weighted by molar-refractivity contribution is 5.79. The largest absolute Gasteiger partial charge is 0.352 e. The van der Waals surface area contributed by atoms with Gasteiger partial charge in [0.05, 0.1) is 5.92 Å². The third-order valence-electron chi connectivity index (χ3n) is 4.20. The van der Waals surface area contributed by atoms with Crippen molar-refractivity contribution in [2.75, 3.05) is 20.6 Å². The molecule has 0 heterocycles. The van der Waals surface area contributed by atoms with Gasteiger partial charge in [-0.15, -0.1) is 0 Å². The number of hydrogen-bond acceptors (Lipinski definition) is 3. The molecule has 0 aromatic carbocycles. The predicted octanol–water partition coefficient (Wildman–Crippen LogP) is 1.45. The molecule has 0 radical (unpaired) electrons. The van der Waals surface area contributed by atoms with Gasteiger partial charge in [-0.05, 0) is 45.2 Å². The van der Waals surface area contributed by atoms with E-state index in [0.717, 1.165) is 25.8 Å². The van der Waals surface area contributed by atoms with Crippen LogP contribution < -0.4 is 11.1 Å². The quantitative estimate of drug-likeness (QED) is 0.794. The summed E-state index contributed by atoms with van der Waals surface area (Å²) >= 11 is 0. The van der Waals surface area contributed by atoms with Crippen LogP contribution in [0.3, 0.4) is 0 Å². The summed E-state index contributed by atoms with van der Waals surface area (Å²) in [5, 5.41) is 3.21. The monoisotopic (exact) mass is 269 g/mol. The molecule has 1 amide bonds. The van der Waals surface area contributed by atoms with Crippen molar-refractivity contribution in [3.8, 4) is 0 Å². The van der Waals surface area contributed by atoms with E-state index < -0.39 is 0 Å². The summed E-state index contributed by atoms with van der Waals surface area (Å²) in [6.07, 6.45) is 3.05. The van der Waals surface area contributed by atoms with Gasteiger partial charge in [-0.3, -0.25) is 4.79 Å². The third-order valence-corrected chi connectivity index (χ3v) is 4.20. The van der Waals surface area contributed by atoms with Gasteiger partial charge in [0.2, 0.25) is 5.91 Å². The van der Waals surface area contributed by atoms with Crippen LogP contribution in [-0.4, -0.2) is 43.5 Å². The summed E-state index contributed by atoms with van der Waals surface area (Å²) in [5.74, 6) is 1.19. The number of carbonyl (C=O) groups is 1. The molecule has 1 aliphatic rings. The van der Waals surface area contributed by atoms with Crippen LogP contribution in [0.5, 0.6) is 0 Å². The first-order chi connectivity index (χ1) is 8.81. The number of carbonyl (C=O) groups excluding carboxylic acids is 1. The van der Waals surface area contributed by atoms with Crippen molar-refractivity contribution < 1.29 is 4.79 Å². The Morgan fingerprint density at radius 2 is 2.00 bits per heavy atom. The number of likely N-dealkylation sites (N-methyl/N-ethyl adjacent to an activating group) is 1. The normalized spacial score (nSPS) is 29.6. The van der Waals surface area contributed by atoms with E-state index in [-0.39, 0.29) is 23.9 Å². The highest BCUT2D eigenvalue weighted by atomic mass is 16.2. The van der Waals surface area contributed by atoms with E-state index in [0.29, 0.717) is 11.8 Å². The van der Waals surface area contributed by atoms with Crippen molar-refractivity contribution in [3.63, 3.8) is 0 Å². The molecular formula is C15H31N3O. The number of rotatable bonds is 5. The minimum atomic E-state index is -0.00726. The minimum absolute atomic E-state index is 0.00726. The summed E-state index contributed by atoms with van der Waals surface area (Å²) < 4.78 is 0. The Morgan fingerprint density at radius 1 is 1.37 bits per heavy atom. The lowest BCUT2D eigenvalue weighted by atomic mass is 9.78. The Balaban J connectivity index is 2.60. The Hall–Kier alpha value is -0.610. The van der Waals surface area contributed by atoms with Gasteiger partial charge in [0, 0.05) is 18.6 Å². The van der Waals surface area contributed by atoms with E-state index in [1.165, 1.54) is 0 Å². The molecule has 4 heteroatoms. The topological polar surface area (TPSA) is 58.4 Å². The van der Waals surface area contributed by atoms with Gasteiger partial charge in [0.15, 0.2) is 0 Å². The molecule has 1 saturated carbocycles. The van der Waals surface area contributed by atoms with Crippen LogP contribution in [0, 0.1) is 17.8 Å². The highest BCUT2D eigenvalue weighted by Gasteiger charge is 2.32. The molecule has 0 aliphatic heterocycles. The molecular weight excluding hydrogens is 238 g/mol. The van der Waals surface area contributed by atoms with Crippen molar-refractivity contribution in [2.45, 2.75) is 52.1 Å². The molecule has 112 valence electrons. The summed E-state index contributed by atoms with van der Waals surface area (Å²) in [5.41, 5.74) is 6.12. The van der Waals surface area contributed by atoms with Crippen molar-refractivity contribution in [1.29, 1.82) is 0 Å². The number of nitrogens with zero attached hydrogens (tertiary/aromatic N) is 1. The second-order valence-electron chi connectivity index (χ2n) is 6.81. The first-order valence-electron chi connectivity index (χ1n) is 7.52. The number of amides is 1. The molecule has 0 aromatic heterocycles. The van der Waals surface area contributed by atoms with E-state index in [1.807, 2.05) is 14.1 Å². The molecule has 4 atom stereocenters. The van der Waals surface area contributed by atoms with Crippen LogP contribution in [0.2, 0.25) is 0 Å². The number of nitrogens with one attached hydrogen (secondary N) is 1. The van der Waals surface area contributed by atoms with Crippen molar-refractivity contribution >= 4 is 5.91 Å². The van der Waals surface area contributed by atoms with Crippen molar-refractivity contribution in [3.05, 3.63) is 0 Å². The minimum Gasteiger partial charge on any atom is -0.352 e. The maximum atomic E-state index is 12.4. The van der Waals surface area contributed by atoms with Gasteiger partial charge < -0.3 is 16.0 Å². The van der Waals surface area contributed by atoms with Gasteiger partial charge in [-0.1, -0.05) is 20.8 Å². The fourth-order valence-corrected chi connectivity index (χ4v) is 2.81. The van der Waals surface area contributed by atoms with Crippen LogP contribution in [0.1, 0.15) is 40.0 Å². The van der Waals surface area contributed by atoms with Crippen LogP contribution in [0.4, 0.5) is 0 Å². The van der Waals surface area contributed by atoms with Crippen molar-refractivity contribution in [2.24, 2.45) is 23.5 Å². The molecule has 4 nitrogen and oxygen atoms in total. The summed E-state index contributed by atoms with van der Waals surface area (Å²) in [6.45, 7) is 7.39. The van der Waals surface area contributed by atoms with Crippen LogP contribution in [-0.2, 0) is 4.79 Å². The van der Waals surface area contributed by atoms with Crippen LogP contribution in [0.15, 0.2) is 0 Å². The standard InChI is InChI=1S/C15H31N3O/c1-10(2)14(9-18(4)5)17-15(19)12-8-11(3)6-7-13(12)16/h10-14H,6-9,16H2,1-5H3,(H,17,19). The third kappa shape index (κ3) is 5.11. The number of nitrogens with two attached hydrogens (primary N) is 1. The lowest BCUT2D eigenvalue weighted by Crippen LogP contribution is -2.51. The van der Waals surface area contributed by atoms with Crippen LogP contribution in [0.25, 0.3) is 0 Å². The number of hydrogen-bond donors (Lipinski definition) is 2. The van der Waals surface area contributed by atoms with E-state index in [2.05, 4.69) is 31.0 Å². The molecule has 0 spiro atoms. The summed E-state index contributed by atoms with van der Waals surface area (Å²) in [4.78, 5) is 14.6. The summed E-state index contributed by atoms with van der Waals surface area (Å²) in [6, 6.07) is 0.232. The molecule has 1 aliphatic carbocycles. The van der Waals surface area contributed by atoms with Gasteiger partial charge in [-0.25, -0.2) is 0 Å². The van der Waals surface area contributed by atoms with E-state index in [1.54, 1.807) is 0 Å². The van der Waals surface area contributed by atoms with E-state index >= 15 is 0 Å². The average Bonchev–Trinajstić information content (AvgIpc) is 2.30. The molecule has 1 fully saturated rings. The maximum Gasteiger partial charge on any atom is 0.224 e. The van der Waals surface area contributed by atoms with E-state index in [9.17, 15) is 4.79 Å². The predicted molar refractivity (Wildman–Crippen MR) is 79.8 cm³/mol. The fourth-order valence-electron chi connectivity index (χ4n) is 2.81. The molecule has 4 unspecified atom stereocenters. The van der Waals surface area contributed by atoms with Gasteiger partial charge in [0.25, 0.3) is 0 Å². The smallest absolute Gasteiger partial charge is 0.224 e. The first kappa shape index (κ1) is 16.4. The van der Waals surface area contributed by atoms with Crippen molar-refractivity contribution in [1.82, 2.24) is 10.2 Å². The molecule has 1 rings (SSSR count). The summed E-state index contributed by atoms with van der Waals surface area (Å²) in [7, 11) is 4.08. The molecule has 0 bridgehead atoms. The molecule has 0 saturated heterocycles. The Bertz CT molecular complexity index is 291. The average molecular weight is 269 g/mol.